The molecule has 1 aliphatic heterocycles. The molecule has 0 aliphatic carbocycles. The third-order valence-electron chi connectivity index (χ3n) is 3.84. The molecule has 1 aliphatic rings. The lowest BCUT2D eigenvalue weighted by molar-refractivity contribution is -0.122. The molecule has 2 N–H and O–H groups in total. The van der Waals surface area contributed by atoms with Crippen molar-refractivity contribution in [1.82, 2.24) is 20.4 Å². The summed E-state index contributed by atoms with van der Waals surface area (Å²) >= 11 is 0. The molecule has 19 heavy (non-hydrogen) atoms. The highest BCUT2D eigenvalue weighted by atomic mass is 16.1. The number of aromatic nitrogens is 2. The van der Waals surface area contributed by atoms with Crippen LogP contribution < -0.4 is 10.6 Å². The average Bonchev–Trinajstić information content (AvgIpc) is 2.96. The Kier molecular flexibility index (Phi) is 4.58. The molecule has 2 rings (SSSR count). The number of carbonyl (C=O) groups is 1. The van der Waals surface area contributed by atoms with Crippen LogP contribution in [0.1, 0.15) is 43.5 Å². The number of hydrogen-bond acceptors (Lipinski definition) is 3. The standard InChI is InChI=1S/C14H24N4O/c1-10(13-9-18(3)17-11(13)2)16-14(19)5-4-12-6-7-15-8-12/h9-10,12,15H,4-8H2,1-3H3,(H,16,19). The van der Waals surface area contributed by atoms with Gasteiger partial charge in [-0.3, -0.25) is 9.48 Å². The van der Waals surface area contributed by atoms with Crippen LogP contribution in [0.4, 0.5) is 0 Å². The van der Waals surface area contributed by atoms with Gasteiger partial charge in [0.2, 0.25) is 5.91 Å². The van der Waals surface area contributed by atoms with Crippen molar-refractivity contribution < 1.29 is 4.79 Å². The highest BCUT2D eigenvalue weighted by Gasteiger charge is 2.18. The van der Waals surface area contributed by atoms with Crippen molar-refractivity contribution >= 4 is 5.91 Å². The summed E-state index contributed by atoms with van der Waals surface area (Å²) in [6.07, 6.45) is 4.78. The molecule has 5 nitrogen and oxygen atoms in total. The highest BCUT2D eigenvalue weighted by Crippen LogP contribution is 2.17. The molecule has 0 spiro atoms. The second-order valence-corrected chi connectivity index (χ2v) is 5.53. The van der Waals surface area contributed by atoms with Gasteiger partial charge in [0.25, 0.3) is 0 Å². The van der Waals surface area contributed by atoms with Crippen LogP contribution in [0.2, 0.25) is 0 Å². The van der Waals surface area contributed by atoms with E-state index in [1.807, 2.05) is 27.1 Å². The van der Waals surface area contributed by atoms with E-state index in [2.05, 4.69) is 15.7 Å². The maximum absolute atomic E-state index is 11.9. The fourth-order valence-corrected chi connectivity index (χ4v) is 2.73. The lowest BCUT2D eigenvalue weighted by atomic mass is 10.0. The number of nitrogens with one attached hydrogen (secondary N) is 2. The van der Waals surface area contributed by atoms with Crippen LogP contribution >= 0.6 is 0 Å². The smallest absolute Gasteiger partial charge is 0.220 e. The summed E-state index contributed by atoms with van der Waals surface area (Å²) in [4.78, 5) is 11.9. The number of amides is 1. The van der Waals surface area contributed by atoms with Crippen LogP contribution in [0.5, 0.6) is 0 Å². The summed E-state index contributed by atoms with van der Waals surface area (Å²) in [6, 6.07) is 0.0305. The molecule has 1 saturated heterocycles. The van der Waals surface area contributed by atoms with E-state index >= 15 is 0 Å². The molecule has 0 radical (unpaired) electrons. The van der Waals surface area contributed by atoms with E-state index in [4.69, 9.17) is 0 Å². The Labute approximate surface area is 114 Å². The molecule has 106 valence electrons. The molecule has 5 heteroatoms. The second-order valence-electron chi connectivity index (χ2n) is 5.53. The average molecular weight is 264 g/mol. The minimum atomic E-state index is 0.0305. The topological polar surface area (TPSA) is 59.0 Å². The summed E-state index contributed by atoms with van der Waals surface area (Å²) in [5.74, 6) is 0.809. The molecule has 0 bridgehead atoms. The Morgan fingerprint density at radius 1 is 1.68 bits per heavy atom. The first kappa shape index (κ1) is 14.1. The van der Waals surface area contributed by atoms with Crippen molar-refractivity contribution in [3.05, 3.63) is 17.5 Å². The van der Waals surface area contributed by atoms with E-state index in [1.54, 1.807) is 4.68 Å². The second kappa shape index (κ2) is 6.19. The first-order valence-corrected chi connectivity index (χ1v) is 7.06. The van der Waals surface area contributed by atoms with Crippen LogP contribution in [0.15, 0.2) is 6.20 Å². The number of hydrogen-bond donors (Lipinski definition) is 2. The van der Waals surface area contributed by atoms with Gasteiger partial charge >= 0.3 is 0 Å². The molecule has 2 unspecified atom stereocenters. The van der Waals surface area contributed by atoms with Crippen molar-refractivity contribution in [2.24, 2.45) is 13.0 Å². The fraction of sp³-hybridized carbons (Fsp3) is 0.714. The van der Waals surface area contributed by atoms with E-state index in [1.165, 1.54) is 6.42 Å². The van der Waals surface area contributed by atoms with Gasteiger partial charge in [-0.25, -0.2) is 0 Å². The zero-order chi connectivity index (χ0) is 13.8. The largest absolute Gasteiger partial charge is 0.349 e. The lowest BCUT2D eigenvalue weighted by Crippen LogP contribution is -2.27. The van der Waals surface area contributed by atoms with Gasteiger partial charge in [0.1, 0.15) is 0 Å². The van der Waals surface area contributed by atoms with E-state index in [-0.39, 0.29) is 11.9 Å². The first-order valence-electron chi connectivity index (χ1n) is 7.06. The van der Waals surface area contributed by atoms with E-state index in [0.29, 0.717) is 12.3 Å². The van der Waals surface area contributed by atoms with Gasteiger partial charge in [0, 0.05) is 25.2 Å². The van der Waals surface area contributed by atoms with Gasteiger partial charge in [-0.05, 0) is 45.7 Å². The van der Waals surface area contributed by atoms with Crippen molar-refractivity contribution in [2.45, 2.75) is 39.2 Å². The van der Waals surface area contributed by atoms with Crippen LogP contribution in [0.3, 0.4) is 0 Å². The van der Waals surface area contributed by atoms with E-state index in [0.717, 1.165) is 30.8 Å². The Morgan fingerprint density at radius 3 is 3.05 bits per heavy atom. The van der Waals surface area contributed by atoms with E-state index in [9.17, 15) is 4.79 Å². The van der Waals surface area contributed by atoms with Crippen LogP contribution in [0, 0.1) is 12.8 Å². The fourth-order valence-electron chi connectivity index (χ4n) is 2.73. The van der Waals surface area contributed by atoms with Gasteiger partial charge in [-0.1, -0.05) is 0 Å². The maximum Gasteiger partial charge on any atom is 0.220 e. The van der Waals surface area contributed by atoms with Crippen molar-refractivity contribution in [1.29, 1.82) is 0 Å². The van der Waals surface area contributed by atoms with Gasteiger partial charge < -0.3 is 10.6 Å². The molecule has 1 aromatic rings. The van der Waals surface area contributed by atoms with Crippen LogP contribution in [-0.2, 0) is 11.8 Å². The zero-order valence-electron chi connectivity index (χ0n) is 12.1. The highest BCUT2D eigenvalue weighted by molar-refractivity contribution is 5.76. The quantitative estimate of drug-likeness (QED) is 0.842. The van der Waals surface area contributed by atoms with Gasteiger partial charge in [0.05, 0.1) is 11.7 Å². The van der Waals surface area contributed by atoms with Crippen LogP contribution in [-0.4, -0.2) is 28.8 Å². The third kappa shape index (κ3) is 3.80. The van der Waals surface area contributed by atoms with Gasteiger partial charge in [0.15, 0.2) is 0 Å². The summed E-state index contributed by atoms with van der Waals surface area (Å²) in [6.45, 7) is 6.14. The Hall–Kier alpha value is -1.36. The Balaban J connectivity index is 1.79. The SMILES string of the molecule is Cc1nn(C)cc1C(C)NC(=O)CCC1CCNC1. The predicted molar refractivity (Wildman–Crippen MR) is 74.7 cm³/mol. The molecule has 0 aromatic carbocycles. The number of carbonyl (C=O) groups excluding carboxylic acids is 1. The van der Waals surface area contributed by atoms with Gasteiger partial charge in [-0.2, -0.15) is 5.10 Å². The Morgan fingerprint density at radius 2 is 2.47 bits per heavy atom. The minimum Gasteiger partial charge on any atom is -0.349 e. The third-order valence-corrected chi connectivity index (χ3v) is 3.84. The number of aryl methyl sites for hydroxylation is 2. The van der Waals surface area contributed by atoms with Gasteiger partial charge in [-0.15, -0.1) is 0 Å². The minimum absolute atomic E-state index is 0.0305. The zero-order valence-corrected chi connectivity index (χ0v) is 12.1. The summed E-state index contributed by atoms with van der Waals surface area (Å²) in [5.41, 5.74) is 2.08. The van der Waals surface area contributed by atoms with Crippen molar-refractivity contribution in [3.8, 4) is 0 Å². The molecule has 0 saturated carbocycles. The summed E-state index contributed by atoms with van der Waals surface area (Å²) < 4.78 is 1.79. The lowest BCUT2D eigenvalue weighted by Gasteiger charge is -2.14. The predicted octanol–water partition coefficient (Wildman–Crippen LogP) is 1.30. The number of rotatable bonds is 5. The number of nitrogens with zero attached hydrogens (tertiary/aromatic N) is 2. The molecule has 1 fully saturated rings. The maximum atomic E-state index is 11.9. The van der Waals surface area contributed by atoms with Crippen LogP contribution in [0.25, 0.3) is 0 Å². The molecular weight excluding hydrogens is 240 g/mol. The summed E-state index contributed by atoms with van der Waals surface area (Å²) in [7, 11) is 1.90. The van der Waals surface area contributed by atoms with Crippen molar-refractivity contribution in [2.75, 3.05) is 13.1 Å². The molecular formula is C14H24N4O. The molecule has 2 heterocycles. The Bertz CT molecular complexity index is 435. The molecule has 2 atom stereocenters. The first-order chi connectivity index (χ1) is 9.06. The van der Waals surface area contributed by atoms with E-state index < -0.39 is 0 Å². The molecule has 1 amide bonds. The van der Waals surface area contributed by atoms with Crippen molar-refractivity contribution in [3.63, 3.8) is 0 Å². The monoisotopic (exact) mass is 264 g/mol. The normalized spacial score (nSPS) is 20.5. The summed E-state index contributed by atoms with van der Waals surface area (Å²) in [5, 5.41) is 10.7. The molecule has 1 aromatic heterocycles.